The quantitative estimate of drug-likeness (QED) is 0.696. The molecule has 0 aliphatic carbocycles. The Labute approximate surface area is 168 Å². The zero-order chi connectivity index (χ0) is 20.7. The lowest BCUT2D eigenvalue weighted by Crippen LogP contribution is -2.51. The number of benzene rings is 2. The number of anilines is 1. The Bertz CT molecular complexity index is 864. The maximum Gasteiger partial charge on any atom is 0.244 e. The molecule has 0 saturated carbocycles. The van der Waals surface area contributed by atoms with E-state index in [1.165, 1.54) is 9.87 Å². The summed E-state index contributed by atoms with van der Waals surface area (Å²) < 4.78 is 26.2. The zero-order valence-corrected chi connectivity index (χ0v) is 17.9. The molecule has 0 bridgehead atoms. The van der Waals surface area contributed by atoms with Crippen molar-refractivity contribution in [3.8, 4) is 0 Å². The van der Waals surface area contributed by atoms with Crippen molar-refractivity contribution in [3.63, 3.8) is 0 Å². The summed E-state index contributed by atoms with van der Waals surface area (Å²) in [5.41, 5.74) is 2.75. The second-order valence-electron chi connectivity index (χ2n) is 7.25. The van der Waals surface area contributed by atoms with Crippen LogP contribution >= 0.6 is 0 Å². The van der Waals surface area contributed by atoms with E-state index in [-0.39, 0.29) is 11.9 Å². The summed E-state index contributed by atoms with van der Waals surface area (Å²) in [6.07, 6.45) is 3.17. The molecule has 0 aromatic heterocycles. The van der Waals surface area contributed by atoms with Crippen molar-refractivity contribution in [2.24, 2.45) is 0 Å². The van der Waals surface area contributed by atoms with Crippen LogP contribution in [0.3, 0.4) is 0 Å². The van der Waals surface area contributed by atoms with E-state index in [0.29, 0.717) is 12.1 Å². The number of carbonyl (C=O) groups excluding carboxylic acids is 1. The Hall–Kier alpha value is -2.34. The molecule has 1 amide bonds. The van der Waals surface area contributed by atoms with Gasteiger partial charge in [0.25, 0.3) is 0 Å². The fraction of sp³-hybridized carbons (Fsp3) is 0.409. The Morgan fingerprint density at radius 1 is 1.07 bits per heavy atom. The fourth-order valence-corrected chi connectivity index (χ4v) is 4.40. The van der Waals surface area contributed by atoms with Crippen molar-refractivity contribution < 1.29 is 13.2 Å². The number of sulfonamides is 1. The van der Waals surface area contributed by atoms with Crippen LogP contribution in [-0.4, -0.2) is 32.7 Å². The van der Waals surface area contributed by atoms with Gasteiger partial charge in [-0.2, -0.15) is 0 Å². The Morgan fingerprint density at radius 2 is 1.68 bits per heavy atom. The zero-order valence-electron chi connectivity index (χ0n) is 17.1. The molecule has 0 unspecified atom stereocenters. The highest BCUT2D eigenvalue weighted by Crippen LogP contribution is 2.23. The van der Waals surface area contributed by atoms with Crippen LogP contribution in [0.4, 0.5) is 5.69 Å². The number of rotatable bonds is 9. The Morgan fingerprint density at radius 3 is 2.21 bits per heavy atom. The lowest BCUT2D eigenvalue weighted by atomic mass is 10.1. The first kappa shape index (κ1) is 22.0. The molecule has 2 aromatic rings. The summed E-state index contributed by atoms with van der Waals surface area (Å²) in [7, 11) is -3.61. The van der Waals surface area contributed by atoms with Gasteiger partial charge in [0.05, 0.1) is 11.9 Å². The minimum atomic E-state index is -3.61. The maximum absolute atomic E-state index is 12.9. The molecule has 2 atom stereocenters. The molecule has 0 radical (unpaired) electrons. The summed E-state index contributed by atoms with van der Waals surface area (Å²) in [4.78, 5) is 12.9. The van der Waals surface area contributed by atoms with Gasteiger partial charge in [-0.05, 0) is 50.8 Å². The third kappa shape index (κ3) is 6.09. The van der Waals surface area contributed by atoms with Gasteiger partial charge in [0, 0.05) is 6.04 Å². The summed E-state index contributed by atoms with van der Waals surface area (Å²) in [6.45, 7) is 5.71. The van der Waals surface area contributed by atoms with Crippen LogP contribution in [0.5, 0.6) is 0 Å². The van der Waals surface area contributed by atoms with Crippen LogP contribution in [0.15, 0.2) is 54.6 Å². The predicted octanol–water partition coefficient (Wildman–Crippen LogP) is 3.68. The van der Waals surface area contributed by atoms with Gasteiger partial charge in [-0.1, -0.05) is 55.0 Å². The van der Waals surface area contributed by atoms with Crippen molar-refractivity contribution in [3.05, 3.63) is 65.7 Å². The summed E-state index contributed by atoms with van der Waals surface area (Å²) in [5, 5.41) is 2.99. The average Bonchev–Trinajstić information content (AvgIpc) is 2.65. The number of aryl methyl sites for hydroxylation is 2. The normalized spacial score (nSPS) is 13.6. The number of hydrogen-bond donors (Lipinski definition) is 1. The molecule has 0 saturated heterocycles. The summed E-state index contributed by atoms with van der Waals surface area (Å²) in [6, 6.07) is 16.4. The van der Waals surface area contributed by atoms with E-state index >= 15 is 0 Å². The second kappa shape index (κ2) is 9.73. The predicted molar refractivity (Wildman–Crippen MR) is 115 cm³/mol. The molecule has 0 aliphatic heterocycles. The Kier molecular flexibility index (Phi) is 7.63. The standard InChI is InChI=1S/C22H30N2O3S/c1-5-21(24(28(4,26)27)20-15-11-17(2)12-16-20)22(25)23-18(3)13-14-19-9-7-6-8-10-19/h6-12,15-16,18,21H,5,13-14H2,1-4H3,(H,23,25)/t18-,21+/m0/s1. The van der Waals surface area contributed by atoms with Crippen LogP contribution in [0.2, 0.25) is 0 Å². The largest absolute Gasteiger partial charge is 0.352 e. The highest BCUT2D eigenvalue weighted by atomic mass is 32.2. The topological polar surface area (TPSA) is 66.5 Å². The molecule has 2 aromatic carbocycles. The summed E-state index contributed by atoms with van der Waals surface area (Å²) in [5.74, 6) is -0.269. The van der Waals surface area contributed by atoms with E-state index in [9.17, 15) is 13.2 Å². The molecule has 5 nitrogen and oxygen atoms in total. The summed E-state index contributed by atoms with van der Waals surface area (Å²) >= 11 is 0. The third-order valence-corrected chi connectivity index (χ3v) is 5.90. The molecule has 0 fully saturated rings. The van der Waals surface area contributed by atoms with E-state index in [1.807, 2.05) is 51.1 Å². The van der Waals surface area contributed by atoms with Crippen molar-refractivity contribution in [2.75, 3.05) is 10.6 Å². The first-order valence-electron chi connectivity index (χ1n) is 9.62. The second-order valence-corrected chi connectivity index (χ2v) is 9.11. The molecular formula is C22H30N2O3S. The molecule has 0 heterocycles. The smallest absolute Gasteiger partial charge is 0.244 e. The van der Waals surface area contributed by atoms with Crippen LogP contribution in [0, 0.1) is 6.92 Å². The SMILES string of the molecule is CC[C@H](C(=O)N[C@@H](C)CCc1ccccc1)N(c1ccc(C)cc1)S(C)(=O)=O. The lowest BCUT2D eigenvalue weighted by molar-refractivity contribution is -0.122. The van der Waals surface area contributed by atoms with Crippen molar-refractivity contribution in [1.82, 2.24) is 5.32 Å². The minimum Gasteiger partial charge on any atom is -0.352 e. The van der Waals surface area contributed by atoms with Gasteiger partial charge >= 0.3 is 0 Å². The first-order valence-corrected chi connectivity index (χ1v) is 11.5. The molecule has 0 aliphatic rings. The lowest BCUT2D eigenvalue weighted by Gasteiger charge is -2.31. The molecule has 6 heteroatoms. The van der Waals surface area contributed by atoms with E-state index in [0.717, 1.165) is 24.7 Å². The van der Waals surface area contributed by atoms with Crippen LogP contribution in [0.25, 0.3) is 0 Å². The van der Waals surface area contributed by atoms with Gasteiger partial charge in [-0.25, -0.2) is 8.42 Å². The van der Waals surface area contributed by atoms with Gasteiger partial charge in [-0.15, -0.1) is 0 Å². The van der Waals surface area contributed by atoms with E-state index in [4.69, 9.17) is 0 Å². The minimum absolute atomic E-state index is 0.0545. The van der Waals surface area contributed by atoms with E-state index < -0.39 is 16.1 Å². The molecular weight excluding hydrogens is 372 g/mol. The maximum atomic E-state index is 12.9. The monoisotopic (exact) mass is 402 g/mol. The van der Waals surface area contributed by atoms with Crippen molar-refractivity contribution in [1.29, 1.82) is 0 Å². The van der Waals surface area contributed by atoms with Gasteiger partial charge < -0.3 is 5.32 Å². The number of nitrogens with zero attached hydrogens (tertiary/aromatic N) is 1. The van der Waals surface area contributed by atoms with Gasteiger partial charge in [-0.3, -0.25) is 9.10 Å². The molecule has 2 rings (SSSR count). The van der Waals surface area contributed by atoms with Crippen LogP contribution in [0.1, 0.15) is 37.8 Å². The van der Waals surface area contributed by atoms with Crippen LogP contribution in [-0.2, 0) is 21.2 Å². The average molecular weight is 403 g/mol. The Balaban J connectivity index is 2.11. The highest BCUT2D eigenvalue weighted by Gasteiger charge is 2.31. The third-order valence-electron chi connectivity index (χ3n) is 4.72. The number of nitrogens with one attached hydrogen (secondary N) is 1. The fourth-order valence-electron chi connectivity index (χ4n) is 3.19. The molecule has 152 valence electrons. The van der Waals surface area contributed by atoms with E-state index in [1.54, 1.807) is 12.1 Å². The van der Waals surface area contributed by atoms with Gasteiger partial charge in [0.15, 0.2) is 0 Å². The molecule has 0 spiro atoms. The van der Waals surface area contributed by atoms with Crippen molar-refractivity contribution in [2.45, 2.75) is 52.1 Å². The van der Waals surface area contributed by atoms with Crippen LogP contribution < -0.4 is 9.62 Å². The molecule has 28 heavy (non-hydrogen) atoms. The highest BCUT2D eigenvalue weighted by molar-refractivity contribution is 7.92. The van der Waals surface area contributed by atoms with E-state index in [2.05, 4.69) is 17.4 Å². The van der Waals surface area contributed by atoms with Crippen molar-refractivity contribution >= 4 is 21.6 Å². The van der Waals surface area contributed by atoms with Gasteiger partial charge in [0.2, 0.25) is 15.9 Å². The van der Waals surface area contributed by atoms with Gasteiger partial charge in [0.1, 0.15) is 6.04 Å². The molecule has 1 N–H and O–H groups in total. The first-order chi connectivity index (χ1) is 13.2. The number of amides is 1. The number of hydrogen-bond acceptors (Lipinski definition) is 3. The number of carbonyl (C=O) groups is 1.